The third-order valence-corrected chi connectivity index (χ3v) is 5.55. The number of rotatable bonds is 6. The normalized spacial score (nSPS) is 16.7. The van der Waals surface area contributed by atoms with Crippen LogP contribution >= 0.6 is 0 Å². The summed E-state index contributed by atoms with van der Waals surface area (Å²) in [7, 11) is 0.521. The Morgan fingerprint density at radius 1 is 1.17 bits per heavy atom. The van der Waals surface area contributed by atoms with Gasteiger partial charge in [-0.3, -0.25) is 9.00 Å². The fourth-order valence-corrected chi connectivity index (χ4v) is 4.04. The lowest BCUT2D eigenvalue weighted by Gasteiger charge is -2.31. The maximum absolute atomic E-state index is 12.2. The molecule has 1 saturated carbocycles. The van der Waals surface area contributed by atoms with Gasteiger partial charge in [0.1, 0.15) is 5.75 Å². The van der Waals surface area contributed by atoms with Gasteiger partial charge in [0.15, 0.2) is 0 Å². The number of carbonyl (C=O) groups excluding carboxylic acids is 1. The summed E-state index contributed by atoms with van der Waals surface area (Å²) in [6.07, 6.45) is 5.61. The van der Waals surface area contributed by atoms with Crippen molar-refractivity contribution in [1.82, 2.24) is 4.90 Å². The van der Waals surface area contributed by atoms with Gasteiger partial charge in [0, 0.05) is 29.6 Å². The molecule has 1 amide bonds. The zero-order chi connectivity index (χ0) is 16.8. The average Bonchev–Trinajstić information content (AvgIpc) is 2.55. The van der Waals surface area contributed by atoms with Crippen LogP contribution in [0.25, 0.3) is 0 Å². The van der Waals surface area contributed by atoms with Gasteiger partial charge in [-0.2, -0.15) is 0 Å². The first-order valence-electron chi connectivity index (χ1n) is 7.90. The van der Waals surface area contributed by atoms with E-state index >= 15 is 0 Å². The number of carboxylic acids is 1. The Kier molecular flexibility index (Phi) is 6.33. The van der Waals surface area contributed by atoms with Crippen LogP contribution < -0.4 is 0 Å². The van der Waals surface area contributed by atoms with E-state index in [1.165, 1.54) is 18.6 Å². The smallest absolute Gasteiger partial charge is 0.335 e. The van der Waals surface area contributed by atoms with Crippen molar-refractivity contribution >= 4 is 22.7 Å². The number of amides is 1. The van der Waals surface area contributed by atoms with Crippen LogP contribution in [-0.2, 0) is 21.3 Å². The van der Waals surface area contributed by atoms with E-state index < -0.39 is 16.8 Å². The Labute approximate surface area is 139 Å². The highest BCUT2D eigenvalue weighted by atomic mass is 32.2. The standard InChI is InChI=1S/C17H23NO4S/c1-18(15-5-3-2-4-6-15)16(19)12-23(22)11-13-7-9-14(10-8-13)17(20)21/h7-10,15H,2-6,11-12H2,1H3,(H,20,21). The molecule has 0 bridgehead atoms. The van der Waals surface area contributed by atoms with Crippen LogP contribution in [0.1, 0.15) is 48.0 Å². The van der Waals surface area contributed by atoms with Gasteiger partial charge in [-0.05, 0) is 30.5 Å². The topological polar surface area (TPSA) is 74.7 Å². The van der Waals surface area contributed by atoms with Crippen LogP contribution in [0, 0.1) is 0 Å². The van der Waals surface area contributed by atoms with E-state index in [2.05, 4.69) is 0 Å². The lowest BCUT2D eigenvalue weighted by molar-refractivity contribution is -0.129. The number of hydrogen-bond donors (Lipinski definition) is 1. The summed E-state index contributed by atoms with van der Waals surface area (Å²) in [5.41, 5.74) is 0.981. The second-order valence-corrected chi connectivity index (χ2v) is 7.48. The number of hydrogen-bond acceptors (Lipinski definition) is 3. The van der Waals surface area contributed by atoms with Crippen LogP contribution in [0.5, 0.6) is 0 Å². The molecule has 23 heavy (non-hydrogen) atoms. The molecule has 0 spiro atoms. The minimum Gasteiger partial charge on any atom is -0.478 e. The highest BCUT2D eigenvalue weighted by Gasteiger charge is 2.23. The molecule has 2 rings (SSSR count). The van der Waals surface area contributed by atoms with Crippen molar-refractivity contribution in [2.24, 2.45) is 0 Å². The van der Waals surface area contributed by atoms with Gasteiger partial charge in [0.2, 0.25) is 5.91 Å². The number of aromatic carboxylic acids is 1. The first-order valence-corrected chi connectivity index (χ1v) is 9.39. The molecule has 1 aromatic carbocycles. The van der Waals surface area contributed by atoms with Crippen molar-refractivity contribution in [3.8, 4) is 0 Å². The van der Waals surface area contributed by atoms with Crippen molar-refractivity contribution in [2.75, 3.05) is 12.8 Å². The van der Waals surface area contributed by atoms with Crippen LogP contribution in [0.2, 0.25) is 0 Å². The summed E-state index contributed by atoms with van der Waals surface area (Å²) in [6, 6.07) is 6.56. The molecule has 6 heteroatoms. The van der Waals surface area contributed by atoms with E-state index in [-0.39, 0.29) is 29.0 Å². The van der Waals surface area contributed by atoms with Gasteiger partial charge in [0.05, 0.1) is 5.56 Å². The minimum atomic E-state index is -1.28. The van der Waals surface area contributed by atoms with Gasteiger partial charge < -0.3 is 10.0 Å². The molecule has 1 atom stereocenters. The maximum atomic E-state index is 12.2. The molecule has 1 fully saturated rings. The van der Waals surface area contributed by atoms with Gasteiger partial charge in [-0.15, -0.1) is 0 Å². The Balaban J connectivity index is 1.85. The van der Waals surface area contributed by atoms with E-state index in [9.17, 15) is 13.8 Å². The lowest BCUT2D eigenvalue weighted by atomic mass is 9.94. The predicted octanol–water partition coefficient (Wildman–Crippen LogP) is 2.42. The van der Waals surface area contributed by atoms with E-state index in [4.69, 9.17) is 5.11 Å². The molecule has 0 saturated heterocycles. The second-order valence-electron chi connectivity index (χ2n) is 6.03. The molecule has 126 valence electrons. The van der Waals surface area contributed by atoms with Crippen molar-refractivity contribution in [3.05, 3.63) is 35.4 Å². The fraction of sp³-hybridized carbons (Fsp3) is 0.529. The maximum Gasteiger partial charge on any atom is 0.335 e. The third-order valence-electron chi connectivity index (χ3n) is 4.33. The SMILES string of the molecule is CN(C(=O)CS(=O)Cc1ccc(C(=O)O)cc1)C1CCCCC1. The Hall–Kier alpha value is -1.69. The lowest BCUT2D eigenvalue weighted by Crippen LogP contribution is -2.40. The van der Waals surface area contributed by atoms with Gasteiger partial charge >= 0.3 is 5.97 Å². The van der Waals surface area contributed by atoms with Crippen molar-refractivity contribution in [1.29, 1.82) is 0 Å². The Morgan fingerprint density at radius 3 is 2.35 bits per heavy atom. The molecule has 1 aromatic rings. The summed E-state index contributed by atoms with van der Waals surface area (Å²) in [5, 5.41) is 8.85. The zero-order valence-corrected chi connectivity index (χ0v) is 14.2. The van der Waals surface area contributed by atoms with Crippen molar-refractivity contribution in [3.63, 3.8) is 0 Å². The molecule has 0 radical (unpaired) electrons. The molecule has 0 aliphatic heterocycles. The summed E-state index contributed by atoms with van der Waals surface area (Å²) >= 11 is 0. The summed E-state index contributed by atoms with van der Waals surface area (Å²) in [4.78, 5) is 24.8. The van der Waals surface area contributed by atoms with Gasteiger partial charge in [-0.1, -0.05) is 31.4 Å². The number of nitrogens with zero attached hydrogens (tertiary/aromatic N) is 1. The highest BCUT2D eigenvalue weighted by molar-refractivity contribution is 7.84. The van der Waals surface area contributed by atoms with Gasteiger partial charge in [0.25, 0.3) is 0 Å². The van der Waals surface area contributed by atoms with Gasteiger partial charge in [-0.25, -0.2) is 4.79 Å². The van der Waals surface area contributed by atoms with Crippen LogP contribution in [0.3, 0.4) is 0 Å². The predicted molar refractivity (Wildman–Crippen MR) is 89.8 cm³/mol. The van der Waals surface area contributed by atoms with Crippen molar-refractivity contribution < 1.29 is 18.9 Å². The third kappa shape index (κ3) is 5.16. The first-order chi connectivity index (χ1) is 11.0. The fourth-order valence-electron chi connectivity index (χ4n) is 2.89. The number of carboxylic acid groups (broad SMARTS) is 1. The Morgan fingerprint density at radius 2 is 1.78 bits per heavy atom. The highest BCUT2D eigenvalue weighted by Crippen LogP contribution is 2.21. The van der Waals surface area contributed by atoms with Crippen LogP contribution in [0.15, 0.2) is 24.3 Å². The Bertz CT molecular complexity index is 579. The molecule has 5 nitrogen and oxygen atoms in total. The summed E-state index contributed by atoms with van der Waals surface area (Å²) in [6.45, 7) is 0. The molecule has 1 unspecified atom stereocenters. The molecular formula is C17H23NO4S. The average molecular weight is 337 g/mol. The van der Waals surface area contributed by atoms with Crippen molar-refractivity contribution in [2.45, 2.75) is 43.9 Å². The number of benzene rings is 1. The van der Waals surface area contributed by atoms with E-state index in [1.54, 1.807) is 24.1 Å². The zero-order valence-electron chi connectivity index (χ0n) is 13.4. The van der Waals surface area contributed by atoms with Crippen LogP contribution in [0.4, 0.5) is 0 Å². The monoisotopic (exact) mass is 337 g/mol. The second kappa shape index (κ2) is 8.24. The molecular weight excluding hydrogens is 314 g/mol. The van der Waals surface area contributed by atoms with E-state index in [0.717, 1.165) is 31.2 Å². The van der Waals surface area contributed by atoms with E-state index in [0.29, 0.717) is 0 Å². The largest absolute Gasteiger partial charge is 0.478 e. The molecule has 1 aliphatic rings. The molecule has 0 aromatic heterocycles. The molecule has 0 heterocycles. The quantitative estimate of drug-likeness (QED) is 0.865. The molecule has 1 N–H and O–H groups in total. The first kappa shape index (κ1) is 17.7. The minimum absolute atomic E-state index is 0.0215. The molecule has 1 aliphatic carbocycles. The summed E-state index contributed by atoms with van der Waals surface area (Å²) in [5.74, 6) is -0.767. The number of carbonyl (C=O) groups is 2. The van der Waals surface area contributed by atoms with Crippen LogP contribution in [-0.4, -0.2) is 44.9 Å². The summed E-state index contributed by atoms with van der Waals surface area (Å²) < 4.78 is 12.2. The van der Waals surface area contributed by atoms with E-state index in [1.807, 2.05) is 0 Å².